The number of hydrogen-bond donors (Lipinski definition) is 1. The Kier molecular flexibility index (Phi) is 5.61. The van der Waals surface area contributed by atoms with Gasteiger partial charge in [-0.2, -0.15) is 0 Å². The second-order valence-corrected chi connectivity index (χ2v) is 7.55. The number of sulfonamides is 1. The number of unbranched alkanes of at least 4 members (excludes halogenated alkanes) is 1. The summed E-state index contributed by atoms with van der Waals surface area (Å²) in [5.41, 5.74) is 1.32. The summed E-state index contributed by atoms with van der Waals surface area (Å²) in [6, 6.07) is 4.60. The highest BCUT2D eigenvalue weighted by Gasteiger charge is 2.16. The molecular formula is C16H23N3O4S. The van der Waals surface area contributed by atoms with Crippen molar-refractivity contribution in [2.75, 3.05) is 0 Å². The van der Waals surface area contributed by atoms with Gasteiger partial charge in [-0.25, -0.2) is 18.5 Å². The highest BCUT2D eigenvalue weighted by atomic mass is 32.2. The maximum absolute atomic E-state index is 11.7. The van der Waals surface area contributed by atoms with Crippen molar-refractivity contribution < 1.29 is 17.9 Å². The molecule has 0 spiro atoms. The molecule has 0 amide bonds. The van der Waals surface area contributed by atoms with Crippen LogP contribution in [0.5, 0.6) is 0 Å². The van der Waals surface area contributed by atoms with Crippen LogP contribution in [0.1, 0.15) is 39.4 Å². The van der Waals surface area contributed by atoms with Crippen LogP contribution in [0.2, 0.25) is 0 Å². The lowest BCUT2D eigenvalue weighted by Gasteiger charge is -2.10. The zero-order chi connectivity index (χ0) is 17.9. The van der Waals surface area contributed by atoms with Crippen molar-refractivity contribution in [1.82, 2.24) is 9.55 Å². The number of fused-ring (bicyclic) bond motifs is 1. The normalized spacial score (nSPS) is 12.0. The van der Waals surface area contributed by atoms with Gasteiger partial charge in [-0.3, -0.25) is 4.79 Å². The van der Waals surface area contributed by atoms with Crippen molar-refractivity contribution in [2.45, 2.75) is 51.7 Å². The molecule has 0 aliphatic carbocycles. The quantitative estimate of drug-likeness (QED) is 0.768. The summed E-state index contributed by atoms with van der Waals surface area (Å²) in [5, 5.41) is 5.17. The molecule has 2 rings (SSSR count). The number of hydrogen-bond acceptors (Lipinski definition) is 5. The number of ether oxygens (including phenoxy) is 1. The van der Waals surface area contributed by atoms with Crippen LogP contribution in [0.3, 0.4) is 0 Å². The maximum atomic E-state index is 11.7. The average Bonchev–Trinajstić information content (AvgIpc) is 2.86. The first-order valence-corrected chi connectivity index (χ1v) is 9.47. The minimum atomic E-state index is -3.79. The van der Waals surface area contributed by atoms with Crippen LogP contribution in [0, 0.1) is 5.92 Å². The van der Waals surface area contributed by atoms with E-state index in [1.54, 1.807) is 19.9 Å². The number of nitrogens with zero attached hydrogens (tertiary/aromatic N) is 2. The number of primary sulfonamides is 1. The molecule has 0 unspecified atom stereocenters. The van der Waals surface area contributed by atoms with E-state index in [1.165, 1.54) is 12.1 Å². The molecule has 0 saturated carbocycles. The summed E-state index contributed by atoms with van der Waals surface area (Å²) in [6.45, 7) is 6.38. The van der Waals surface area contributed by atoms with Crippen molar-refractivity contribution in [3.63, 3.8) is 0 Å². The Morgan fingerprint density at radius 2 is 2.08 bits per heavy atom. The number of carbonyl (C=O) groups excluding carboxylic acids is 1. The van der Waals surface area contributed by atoms with Crippen molar-refractivity contribution in [3.05, 3.63) is 24.0 Å². The van der Waals surface area contributed by atoms with Gasteiger partial charge in [-0.1, -0.05) is 27.2 Å². The molecule has 1 aromatic carbocycles. The van der Waals surface area contributed by atoms with E-state index in [0.717, 1.165) is 24.9 Å². The summed E-state index contributed by atoms with van der Waals surface area (Å²) < 4.78 is 30.2. The highest BCUT2D eigenvalue weighted by molar-refractivity contribution is 7.89. The van der Waals surface area contributed by atoms with Crippen LogP contribution in [0.15, 0.2) is 23.1 Å². The SMILES string of the molecule is CCCCn1c(COC(=O)C(C)C)nc2cc(S(N)(=O)=O)ccc21. The summed E-state index contributed by atoms with van der Waals surface area (Å²) in [6.07, 6.45) is 1.94. The van der Waals surface area contributed by atoms with Crippen molar-refractivity contribution >= 4 is 27.0 Å². The lowest BCUT2D eigenvalue weighted by atomic mass is 10.2. The van der Waals surface area contributed by atoms with Gasteiger partial charge in [-0.05, 0) is 24.6 Å². The minimum absolute atomic E-state index is 0.0147. The van der Waals surface area contributed by atoms with Gasteiger partial charge in [0, 0.05) is 6.54 Å². The molecule has 1 aromatic heterocycles. The van der Waals surface area contributed by atoms with Crippen LogP contribution in [0.25, 0.3) is 11.0 Å². The second kappa shape index (κ2) is 7.31. The van der Waals surface area contributed by atoms with E-state index in [-0.39, 0.29) is 23.4 Å². The predicted molar refractivity (Wildman–Crippen MR) is 90.6 cm³/mol. The summed E-state index contributed by atoms with van der Waals surface area (Å²) in [7, 11) is -3.79. The average molecular weight is 353 g/mol. The third-order valence-electron chi connectivity index (χ3n) is 3.68. The first-order valence-electron chi connectivity index (χ1n) is 7.92. The standard InChI is InChI=1S/C16H23N3O4S/c1-4-5-8-19-14-7-6-12(24(17,21)22)9-13(14)18-15(19)10-23-16(20)11(2)3/h6-7,9,11H,4-5,8,10H2,1-3H3,(H2,17,21,22). The molecule has 0 saturated heterocycles. The number of aryl methyl sites for hydroxylation is 1. The first-order chi connectivity index (χ1) is 11.2. The Morgan fingerprint density at radius 1 is 1.38 bits per heavy atom. The van der Waals surface area contributed by atoms with E-state index in [4.69, 9.17) is 9.88 Å². The van der Waals surface area contributed by atoms with Gasteiger partial charge in [0.15, 0.2) is 0 Å². The summed E-state index contributed by atoms with van der Waals surface area (Å²) >= 11 is 0. The third kappa shape index (κ3) is 4.12. The lowest BCUT2D eigenvalue weighted by molar-refractivity contribution is -0.148. The molecule has 2 aromatic rings. The fourth-order valence-electron chi connectivity index (χ4n) is 2.31. The number of esters is 1. The van der Waals surface area contributed by atoms with E-state index in [9.17, 15) is 13.2 Å². The van der Waals surface area contributed by atoms with Crippen LogP contribution in [-0.4, -0.2) is 23.9 Å². The Balaban J connectivity index is 2.42. The fourth-order valence-corrected chi connectivity index (χ4v) is 2.85. The third-order valence-corrected chi connectivity index (χ3v) is 4.59. The molecule has 0 atom stereocenters. The molecular weight excluding hydrogens is 330 g/mol. The van der Waals surface area contributed by atoms with Gasteiger partial charge < -0.3 is 9.30 Å². The Bertz CT molecular complexity index is 840. The Morgan fingerprint density at radius 3 is 2.67 bits per heavy atom. The largest absolute Gasteiger partial charge is 0.457 e. The van der Waals surface area contributed by atoms with Gasteiger partial charge in [0.05, 0.1) is 21.8 Å². The van der Waals surface area contributed by atoms with E-state index in [2.05, 4.69) is 11.9 Å². The summed E-state index contributed by atoms with van der Waals surface area (Å²) in [4.78, 5) is 16.1. The van der Waals surface area contributed by atoms with Gasteiger partial charge in [0.2, 0.25) is 10.0 Å². The zero-order valence-electron chi connectivity index (χ0n) is 14.2. The molecule has 132 valence electrons. The minimum Gasteiger partial charge on any atom is -0.457 e. The predicted octanol–water partition coefficient (Wildman–Crippen LogP) is 2.18. The second-order valence-electron chi connectivity index (χ2n) is 5.99. The molecule has 8 heteroatoms. The molecule has 7 nitrogen and oxygen atoms in total. The van der Waals surface area contributed by atoms with E-state index in [1.807, 2.05) is 4.57 Å². The highest BCUT2D eigenvalue weighted by Crippen LogP contribution is 2.21. The van der Waals surface area contributed by atoms with Crippen LogP contribution < -0.4 is 5.14 Å². The number of carbonyl (C=O) groups is 1. The van der Waals surface area contributed by atoms with Crippen molar-refractivity contribution in [3.8, 4) is 0 Å². The van der Waals surface area contributed by atoms with E-state index >= 15 is 0 Å². The molecule has 0 radical (unpaired) electrons. The number of benzene rings is 1. The van der Waals surface area contributed by atoms with Gasteiger partial charge >= 0.3 is 5.97 Å². The molecule has 1 heterocycles. The number of aromatic nitrogens is 2. The number of rotatable bonds is 7. The zero-order valence-corrected chi connectivity index (χ0v) is 15.0. The van der Waals surface area contributed by atoms with Crippen molar-refractivity contribution in [1.29, 1.82) is 0 Å². The van der Waals surface area contributed by atoms with Crippen molar-refractivity contribution in [2.24, 2.45) is 11.1 Å². The first kappa shape index (κ1) is 18.4. The van der Waals surface area contributed by atoms with Gasteiger partial charge in [0.25, 0.3) is 0 Å². The molecule has 0 aliphatic heterocycles. The van der Waals surface area contributed by atoms with Crippen LogP contribution in [-0.2, 0) is 32.7 Å². The Hall–Kier alpha value is -1.93. The molecule has 0 bridgehead atoms. The summed E-state index contributed by atoms with van der Waals surface area (Å²) in [5.74, 6) is 0.0841. The number of nitrogens with two attached hydrogens (primary N) is 1. The van der Waals surface area contributed by atoms with E-state index in [0.29, 0.717) is 11.3 Å². The molecule has 0 aliphatic rings. The lowest BCUT2D eigenvalue weighted by Crippen LogP contribution is -2.14. The van der Waals surface area contributed by atoms with Gasteiger partial charge in [0.1, 0.15) is 12.4 Å². The fraction of sp³-hybridized carbons (Fsp3) is 0.500. The smallest absolute Gasteiger partial charge is 0.308 e. The molecule has 2 N–H and O–H groups in total. The molecule has 0 fully saturated rings. The monoisotopic (exact) mass is 353 g/mol. The topological polar surface area (TPSA) is 104 Å². The number of imidazole rings is 1. The van der Waals surface area contributed by atoms with Crippen LogP contribution >= 0.6 is 0 Å². The van der Waals surface area contributed by atoms with Crippen LogP contribution in [0.4, 0.5) is 0 Å². The maximum Gasteiger partial charge on any atom is 0.308 e. The molecule has 24 heavy (non-hydrogen) atoms. The van der Waals surface area contributed by atoms with Gasteiger partial charge in [-0.15, -0.1) is 0 Å². The Labute approximate surface area is 141 Å². The van der Waals surface area contributed by atoms with E-state index < -0.39 is 10.0 Å².